The Bertz CT molecular complexity index is 2120. The summed E-state index contributed by atoms with van der Waals surface area (Å²) in [5.41, 5.74) is 3.92. The van der Waals surface area contributed by atoms with Crippen molar-refractivity contribution in [3.8, 4) is 10.8 Å². The third-order valence-corrected chi connectivity index (χ3v) is 10.5. The van der Waals surface area contributed by atoms with Crippen molar-refractivity contribution < 1.29 is 28.7 Å². The van der Waals surface area contributed by atoms with E-state index in [9.17, 15) is 24.0 Å². The molecule has 5 heterocycles. The number of aromatic nitrogens is 3. The van der Waals surface area contributed by atoms with Crippen molar-refractivity contribution in [3.63, 3.8) is 0 Å². The van der Waals surface area contributed by atoms with Crippen LogP contribution in [0.15, 0.2) is 47.5 Å². The van der Waals surface area contributed by atoms with Gasteiger partial charge in [0.1, 0.15) is 28.7 Å². The molecule has 3 aliphatic rings. The van der Waals surface area contributed by atoms with Crippen molar-refractivity contribution in [1.29, 1.82) is 0 Å². The molecule has 5 amide bonds. The SMILES string of the molecule is Cc1sc2c(c1C)C(c1ccc(Cl)cc1)=N[C@@H](CC(=O)NCCCOc1cccc3c1C(=O)N(C1CCC(=O)NC1=O)C3=O)c1nnc(C)n1-2. The maximum absolute atomic E-state index is 13.3. The van der Waals surface area contributed by atoms with Gasteiger partial charge in [-0.1, -0.05) is 29.8 Å². The lowest BCUT2D eigenvalue weighted by atomic mass is 9.99. The third kappa shape index (κ3) is 5.87. The van der Waals surface area contributed by atoms with E-state index in [4.69, 9.17) is 21.3 Å². The van der Waals surface area contributed by atoms with Crippen LogP contribution >= 0.6 is 22.9 Å². The molecule has 3 aliphatic heterocycles. The minimum Gasteiger partial charge on any atom is -0.493 e. The molecule has 2 atom stereocenters. The second-order valence-electron chi connectivity index (χ2n) is 12.3. The maximum atomic E-state index is 13.3. The number of amides is 5. The maximum Gasteiger partial charge on any atom is 0.266 e. The monoisotopic (exact) mass is 713 g/mol. The van der Waals surface area contributed by atoms with Crippen LogP contribution in [-0.4, -0.2) is 74.1 Å². The highest BCUT2D eigenvalue weighted by Crippen LogP contribution is 2.40. The summed E-state index contributed by atoms with van der Waals surface area (Å²) >= 11 is 7.84. The number of hydrogen-bond acceptors (Lipinski definition) is 10. The number of nitrogens with zero attached hydrogens (tertiary/aromatic N) is 5. The molecule has 1 saturated heterocycles. The molecule has 0 saturated carbocycles. The number of halogens is 1. The normalized spacial score (nSPS) is 18.2. The number of aliphatic imine (C=N–C) groups is 1. The highest BCUT2D eigenvalue weighted by atomic mass is 35.5. The van der Waals surface area contributed by atoms with Gasteiger partial charge in [-0.3, -0.25) is 43.7 Å². The number of nitrogens with one attached hydrogen (secondary N) is 2. The smallest absolute Gasteiger partial charge is 0.266 e. The van der Waals surface area contributed by atoms with E-state index < -0.39 is 35.7 Å². The van der Waals surface area contributed by atoms with Crippen molar-refractivity contribution in [2.45, 2.75) is 58.5 Å². The van der Waals surface area contributed by atoms with Gasteiger partial charge in [0.05, 0.1) is 29.9 Å². The lowest BCUT2D eigenvalue weighted by molar-refractivity contribution is -0.136. The number of thiophene rings is 1. The number of imide groups is 2. The molecular weight excluding hydrogens is 682 g/mol. The summed E-state index contributed by atoms with van der Waals surface area (Å²) in [5.74, 6) is -1.12. The van der Waals surface area contributed by atoms with Gasteiger partial charge in [0, 0.05) is 34.0 Å². The van der Waals surface area contributed by atoms with Gasteiger partial charge in [-0.05, 0) is 63.4 Å². The second-order valence-corrected chi connectivity index (χ2v) is 13.9. The second kappa shape index (κ2) is 13.2. The number of fused-ring (bicyclic) bond motifs is 4. The fourth-order valence-electron chi connectivity index (χ4n) is 6.47. The predicted molar refractivity (Wildman–Crippen MR) is 184 cm³/mol. The summed E-state index contributed by atoms with van der Waals surface area (Å²) < 4.78 is 7.90. The first-order valence-electron chi connectivity index (χ1n) is 16.1. The van der Waals surface area contributed by atoms with Crippen LogP contribution in [0.5, 0.6) is 5.75 Å². The van der Waals surface area contributed by atoms with E-state index in [1.165, 1.54) is 6.07 Å². The molecule has 0 spiro atoms. The lowest BCUT2D eigenvalue weighted by Crippen LogP contribution is -2.54. The summed E-state index contributed by atoms with van der Waals surface area (Å²) in [6.07, 6.45) is 0.530. The molecule has 15 heteroatoms. The molecule has 1 unspecified atom stereocenters. The van der Waals surface area contributed by atoms with Crippen LogP contribution in [0, 0.1) is 20.8 Å². The van der Waals surface area contributed by atoms with Gasteiger partial charge in [-0.25, -0.2) is 0 Å². The zero-order valence-electron chi connectivity index (χ0n) is 27.4. The molecule has 256 valence electrons. The van der Waals surface area contributed by atoms with Crippen LogP contribution in [0.4, 0.5) is 0 Å². The number of benzene rings is 2. The van der Waals surface area contributed by atoms with Crippen molar-refractivity contribution in [1.82, 2.24) is 30.3 Å². The summed E-state index contributed by atoms with van der Waals surface area (Å²) in [6.45, 7) is 6.44. The van der Waals surface area contributed by atoms with E-state index in [1.54, 1.807) is 23.5 Å². The number of carbonyl (C=O) groups excluding carboxylic acids is 5. The Morgan fingerprint density at radius 1 is 1.04 bits per heavy atom. The van der Waals surface area contributed by atoms with E-state index in [2.05, 4.69) is 34.7 Å². The van der Waals surface area contributed by atoms with Gasteiger partial charge >= 0.3 is 0 Å². The van der Waals surface area contributed by atoms with Gasteiger partial charge in [-0.15, -0.1) is 21.5 Å². The van der Waals surface area contributed by atoms with Gasteiger partial charge in [0.2, 0.25) is 17.7 Å². The largest absolute Gasteiger partial charge is 0.493 e. The number of rotatable bonds is 9. The van der Waals surface area contributed by atoms with Crippen molar-refractivity contribution >= 4 is 58.2 Å². The van der Waals surface area contributed by atoms with Crippen molar-refractivity contribution in [3.05, 3.63) is 91.8 Å². The first-order chi connectivity index (χ1) is 24.0. The summed E-state index contributed by atoms with van der Waals surface area (Å²) in [6, 6.07) is 10.5. The van der Waals surface area contributed by atoms with Gasteiger partial charge in [0.25, 0.3) is 11.8 Å². The van der Waals surface area contributed by atoms with Crippen LogP contribution < -0.4 is 15.4 Å². The van der Waals surface area contributed by atoms with Crippen LogP contribution in [-0.2, 0) is 14.4 Å². The van der Waals surface area contributed by atoms with E-state index in [0.29, 0.717) is 23.1 Å². The first-order valence-corrected chi connectivity index (χ1v) is 17.3. The van der Waals surface area contributed by atoms with Crippen molar-refractivity contribution in [2.24, 2.45) is 4.99 Å². The minimum absolute atomic E-state index is 0.0298. The van der Waals surface area contributed by atoms with Crippen LogP contribution in [0.25, 0.3) is 5.00 Å². The summed E-state index contributed by atoms with van der Waals surface area (Å²) in [7, 11) is 0. The molecule has 0 radical (unpaired) electrons. The van der Waals surface area contributed by atoms with Gasteiger partial charge in [-0.2, -0.15) is 0 Å². The Hall–Kier alpha value is -5.21. The van der Waals surface area contributed by atoms with E-state index in [1.807, 2.05) is 35.8 Å². The molecule has 2 aromatic heterocycles. The summed E-state index contributed by atoms with van der Waals surface area (Å²) in [4.78, 5) is 71.0. The lowest BCUT2D eigenvalue weighted by Gasteiger charge is -2.27. The third-order valence-electron chi connectivity index (χ3n) is 9.07. The molecule has 2 aromatic carbocycles. The number of aryl methyl sites for hydroxylation is 2. The van der Waals surface area contributed by atoms with Crippen LogP contribution in [0.3, 0.4) is 0 Å². The van der Waals surface area contributed by atoms with Crippen LogP contribution in [0.2, 0.25) is 5.02 Å². The molecule has 50 heavy (non-hydrogen) atoms. The Balaban J connectivity index is 1.02. The molecular formula is C35H32ClN7O6S. The average molecular weight is 714 g/mol. The van der Waals surface area contributed by atoms with Gasteiger partial charge in [0.15, 0.2) is 5.82 Å². The molecule has 2 N–H and O–H groups in total. The number of piperidine rings is 1. The van der Waals surface area contributed by atoms with E-state index in [-0.39, 0.29) is 55.2 Å². The van der Waals surface area contributed by atoms with Crippen LogP contribution in [0.1, 0.15) is 85.7 Å². The molecule has 13 nitrogen and oxygen atoms in total. The fraction of sp³-hybridized carbons (Fsp3) is 0.314. The van der Waals surface area contributed by atoms with E-state index in [0.717, 1.165) is 37.2 Å². The molecule has 0 aliphatic carbocycles. The zero-order chi connectivity index (χ0) is 35.3. The number of hydrogen-bond donors (Lipinski definition) is 2. The summed E-state index contributed by atoms with van der Waals surface area (Å²) in [5, 5.41) is 15.5. The minimum atomic E-state index is -1.07. The Morgan fingerprint density at radius 2 is 1.82 bits per heavy atom. The Kier molecular flexibility index (Phi) is 8.82. The quantitative estimate of drug-likeness (QED) is 0.193. The van der Waals surface area contributed by atoms with Crippen molar-refractivity contribution in [2.75, 3.05) is 13.2 Å². The Labute approximate surface area is 295 Å². The van der Waals surface area contributed by atoms with Gasteiger partial charge < -0.3 is 10.1 Å². The number of carbonyl (C=O) groups is 5. The topological polar surface area (TPSA) is 165 Å². The highest BCUT2D eigenvalue weighted by Gasteiger charge is 2.46. The standard InChI is InChI=1S/C35H32ClN7O6S/c1-17-18(2)50-35-28(17)30(20-8-10-21(36)11-9-20)38-23(31-41-40-19(3)42(31)35)16-27(45)37-14-5-15-49-25-7-4-6-22-29(25)34(48)43(33(22)47)24-12-13-26(44)39-32(24)46/h4,6-11,23-24H,5,12-16H2,1-3H3,(H,37,45)(H,39,44,46)/t23-,24?/m0/s1. The Morgan fingerprint density at radius 3 is 2.58 bits per heavy atom. The molecule has 0 bridgehead atoms. The number of ether oxygens (including phenoxy) is 1. The predicted octanol–water partition coefficient (Wildman–Crippen LogP) is 4.18. The molecule has 4 aromatic rings. The first kappa shape index (κ1) is 33.3. The fourth-order valence-corrected chi connectivity index (χ4v) is 7.81. The zero-order valence-corrected chi connectivity index (χ0v) is 29.0. The molecule has 1 fully saturated rings. The van der Waals surface area contributed by atoms with E-state index >= 15 is 0 Å². The molecule has 7 rings (SSSR count). The average Bonchev–Trinajstić information content (AvgIpc) is 3.66. The highest BCUT2D eigenvalue weighted by molar-refractivity contribution is 7.15.